The van der Waals surface area contributed by atoms with Crippen molar-refractivity contribution in [3.63, 3.8) is 0 Å². The number of rotatable bonds is 4. The first kappa shape index (κ1) is 21.1. The van der Waals surface area contributed by atoms with Gasteiger partial charge in [0.2, 0.25) is 5.91 Å². The van der Waals surface area contributed by atoms with Gasteiger partial charge in [0, 0.05) is 30.4 Å². The molecule has 0 radical (unpaired) electrons. The Hall–Kier alpha value is -3.74. The molecule has 33 heavy (non-hydrogen) atoms. The lowest BCUT2D eigenvalue weighted by atomic mass is 9.96. The predicted molar refractivity (Wildman–Crippen MR) is 130 cm³/mol. The van der Waals surface area contributed by atoms with Gasteiger partial charge in [-0.25, -0.2) is 4.98 Å². The fourth-order valence-electron chi connectivity index (χ4n) is 4.78. The normalized spacial score (nSPS) is 16.2. The van der Waals surface area contributed by atoms with E-state index in [1.54, 1.807) is 4.52 Å². The molecule has 0 spiro atoms. The summed E-state index contributed by atoms with van der Waals surface area (Å²) in [6, 6.07) is 16.3. The lowest BCUT2D eigenvalue weighted by molar-refractivity contribution is -0.120. The van der Waals surface area contributed by atoms with Crippen LogP contribution in [0.25, 0.3) is 17.0 Å². The van der Waals surface area contributed by atoms with Gasteiger partial charge in [0.25, 0.3) is 5.78 Å². The van der Waals surface area contributed by atoms with Crippen LogP contribution in [-0.4, -0.2) is 38.6 Å². The van der Waals surface area contributed by atoms with Crippen molar-refractivity contribution in [2.45, 2.75) is 33.6 Å². The highest BCUT2D eigenvalue weighted by Crippen LogP contribution is 2.29. The Bertz CT molecular complexity index is 1290. The van der Waals surface area contributed by atoms with Crippen molar-refractivity contribution in [3.8, 4) is 11.3 Å². The molecule has 4 aromatic rings. The molecule has 3 heterocycles. The van der Waals surface area contributed by atoms with E-state index in [1.165, 1.54) is 11.9 Å². The molecule has 1 aliphatic rings. The third kappa shape index (κ3) is 4.18. The molecule has 1 N–H and O–H groups in total. The minimum absolute atomic E-state index is 0.0712. The van der Waals surface area contributed by atoms with Crippen LogP contribution in [-0.2, 0) is 4.79 Å². The number of aryl methyl sites for hydroxylation is 3. The van der Waals surface area contributed by atoms with Gasteiger partial charge in [-0.05, 0) is 44.7 Å². The third-order valence-corrected chi connectivity index (χ3v) is 6.34. The molecule has 2 aromatic heterocycles. The molecule has 5 rings (SSSR count). The van der Waals surface area contributed by atoms with Crippen LogP contribution in [0.3, 0.4) is 0 Å². The highest BCUT2D eigenvalue weighted by Gasteiger charge is 2.28. The number of carbonyl (C=O) groups excluding carboxylic acids is 1. The Balaban J connectivity index is 1.42. The second-order valence-electron chi connectivity index (χ2n) is 8.89. The SMILES string of the molecule is Cc1cc(C)c(NC(=O)[C@@H]2CCCN(c3cc(-c4ccccc4)nc4ncnn34)C2)c(C)c1. The summed E-state index contributed by atoms with van der Waals surface area (Å²) in [4.78, 5) is 24.5. The van der Waals surface area contributed by atoms with Crippen LogP contribution < -0.4 is 10.2 Å². The molecule has 2 aromatic carbocycles. The first-order chi connectivity index (χ1) is 16.0. The second kappa shape index (κ2) is 8.65. The lowest BCUT2D eigenvalue weighted by Gasteiger charge is -2.33. The predicted octanol–water partition coefficient (Wildman–Crippen LogP) is 4.57. The molecule has 168 valence electrons. The summed E-state index contributed by atoms with van der Waals surface area (Å²) in [6.07, 6.45) is 3.32. The molecule has 7 nitrogen and oxygen atoms in total. The molecule has 0 saturated carbocycles. The Labute approximate surface area is 193 Å². The minimum atomic E-state index is -0.106. The maximum absolute atomic E-state index is 13.3. The average Bonchev–Trinajstić information content (AvgIpc) is 3.30. The molecule has 1 saturated heterocycles. The molecule has 1 aliphatic heterocycles. The van der Waals surface area contributed by atoms with Crippen LogP contribution in [0.15, 0.2) is 54.9 Å². The van der Waals surface area contributed by atoms with Crippen LogP contribution >= 0.6 is 0 Å². The van der Waals surface area contributed by atoms with Crippen molar-refractivity contribution in [2.24, 2.45) is 5.92 Å². The number of piperidine rings is 1. The molecule has 0 aliphatic carbocycles. The van der Waals surface area contributed by atoms with E-state index >= 15 is 0 Å². The lowest BCUT2D eigenvalue weighted by Crippen LogP contribution is -2.41. The standard InChI is InChI=1S/C26H28N6O/c1-17-12-18(2)24(19(3)13-17)30-25(33)21-10-7-11-31(15-21)23-14-22(20-8-5-4-6-9-20)29-26-27-16-28-32(23)26/h4-6,8-9,12-14,16,21H,7,10-11,15H2,1-3H3,(H,30,33)/t21-/m1/s1. The van der Waals surface area contributed by atoms with Crippen LogP contribution in [0.1, 0.15) is 29.5 Å². The number of fused-ring (bicyclic) bond motifs is 1. The van der Waals surface area contributed by atoms with Gasteiger partial charge in [-0.15, -0.1) is 0 Å². The fraction of sp³-hybridized carbons (Fsp3) is 0.308. The Morgan fingerprint density at radius 1 is 1.06 bits per heavy atom. The van der Waals surface area contributed by atoms with Crippen molar-refractivity contribution in [1.82, 2.24) is 19.6 Å². The average molecular weight is 441 g/mol. The number of anilines is 2. The Kier molecular flexibility index (Phi) is 5.54. The van der Waals surface area contributed by atoms with Crippen LogP contribution in [0.5, 0.6) is 0 Å². The third-order valence-electron chi connectivity index (χ3n) is 6.34. The second-order valence-corrected chi connectivity index (χ2v) is 8.89. The Morgan fingerprint density at radius 2 is 1.82 bits per heavy atom. The molecule has 1 fully saturated rings. The summed E-state index contributed by atoms with van der Waals surface area (Å²) in [5.41, 5.74) is 6.20. The van der Waals surface area contributed by atoms with Gasteiger partial charge >= 0.3 is 0 Å². The monoisotopic (exact) mass is 440 g/mol. The van der Waals surface area contributed by atoms with Crippen molar-refractivity contribution < 1.29 is 4.79 Å². The molecular weight excluding hydrogens is 412 g/mol. The van der Waals surface area contributed by atoms with E-state index in [4.69, 9.17) is 0 Å². The van der Waals surface area contributed by atoms with E-state index in [1.807, 2.05) is 50.2 Å². The van der Waals surface area contributed by atoms with Crippen molar-refractivity contribution in [2.75, 3.05) is 23.3 Å². The first-order valence-electron chi connectivity index (χ1n) is 11.4. The van der Waals surface area contributed by atoms with Crippen LogP contribution in [0.2, 0.25) is 0 Å². The summed E-state index contributed by atoms with van der Waals surface area (Å²) in [5.74, 6) is 1.44. The smallest absolute Gasteiger partial charge is 0.254 e. The highest BCUT2D eigenvalue weighted by molar-refractivity contribution is 5.94. The molecule has 7 heteroatoms. The number of aromatic nitrogens is 4. The van der Waals surface area contributed by atoms with E-state index in [9.17, 15) is 4.79 Å². The van der Waals surface area contributed by atoms with Gasteiger partial charge in [0.1, 0.15) is 12.1 Å². The van der Waals surface area contributed by atoms with Crippen LogP contribution in [0.4, 0.5) is 11.5 Å². The van der Waals surface area contributed by atoms with Crippen LogP contribution in [0, 0.1) is 26.7 Å². The zero-order chi connectivity index (χ0) is 22.9. The molecule has 0 bridgehead atoms. The quantitative estimate of drug-likeness (QED) is 0.503. The van der Waals surface area contributed by atoms with Gasteiger partial charge in [0.05, 0.1) is 11.6 Å². The van der Waals surface area contributed by atoms with Crippen molar-refractivity contribution in [3.05, 3.63) is 71.5 Å². The Morgan fingerprint density at radius 3 is 2.58 bits per heavy atom. The summed E-state index contributed by atoms with van der Waals surface area (Å²) in [7, 11) is 0. The van der Waals surface area contributed by atoms with Gasteiger partial charge < -0.3 is 10.2 Å². The fourth-order valence-corrected chi connectivity index (χ4v) is 4.78. The van der Waals surface area contributed by atoms with Crippen molar-refractivity contribution >= 4 is 23.2 Å². The maximum Gasteiger partial charge on any atom is 0.254 e. The zero-order valence-corrected chi connectivity index (χ0v) is 19.2. The van der Waals surface area contributed by atoms with Gasteiger partial charge in [-0.1, -0.05) is 48.0 Å². The van der Waals surface area contributed by atoms with Gasteiger partial charge in [-0.2, -0.15) is 14.6 Å². The topological polar surface area (TPSA) is 75.4 Å². The zero-order valence-electron chi connectivity index (χ0n) is 19.2. The largest absolute Gasteiger partial charge is 0.356 e. The van der Waals surface area contributed by atoms with E-state index in [2.05, 4.69) is 44.3 Å². The molecule has 1 amide bonds. The van der Waals surface area contributed by atoms with Gasteiger partial charge in [0.15, 0.2) is 0 Å². The summed E-state index contributed by atoms with van der Waals surface area (Å²) in [6.45, 7) is 7.66. The number of hydrogen-bond acceptors (Lipinski definition) is 5. The number of nitrogens with zero attached hydrogens (tertiary/aromatic N) is 5. The van der Waals surface area contributed by atoms with Gasteiger partial charge in [-0.3, -0.25) is 4.79 Å². The summed E-state index contributed by atoms with van der Waals surface area (Å²) in [5, 5.41) is 7.60. The molecule has 1 atom stereocenters. The number of nitrogens with one attached hydrogen (secondary N) is 1. The van der Waals surface area contributed by atoms with E-state index < -0.39 is 0 Å². The number of benzene rings is 2. The van der Waals surface area contributed by atoms with E-state index in [0.717, 1.165) is 53.3 Å². The minimum Gasteiger partial charge on any atom is -0.356 e. The van der Waals surface area contributed by atoms with E-state index in [-0.39, 0.29) is 11.8 Å². The highest BCUT2D eigenvalue weighted by atomic mass is 16.1. The molecule has 0 unspecified atom stereocenters. The number of carbonyl (C=O) groups is 1. The van der Waals surface area contributed by atoms with E-state index in [0.29, 0.717) is 12.3 Å². The van der Waals surface area contributed by atoms with Crippen molar-refractivity contribution in [1.29, 1.82) is 0 Å². The number of amides is 1. The number of hydrogen-bond donors (Lipinski definition) is 1. The maximum atomic E-state index is 13.3. The summed E-state index contributed by atoms with van der Waals surface area (Å²) < 4.78 is 1.76. The summed E-state index contributed by atoms with van der Waals surface area (Å²) >= 11 is 0. The first-order valence-corrected chi connectivity index (χ1v) is 11.4. The molecular formula is C26H28N6O.